The molecule has 0 unspecified atom stereocenters. The highest BCUT2D eigenvalue weighted by atomic mass is 79.9. The van der Waals surface area contributed by atoms with E-state index in [0.717, 1.165) is 5.56 Å². The summed E-state index contributed by atoms with van der Waals surface area (Å²) >= 11 is 4.39. The minimum absolute atomic E-state index is 0.0839. The van der Waals surface area contributed by atoms with Gasteiger partial charge in [0, 0.05) is 10.4 Å². The van der Waals surface area contributed by atoms with Crippen molar-refractivity contribution in [3.05, 3.63) is 57.8 Å². The van der Waals surface area contributed by atoms with Crippen molar-refractivity contribution in [2.45, 2.75) is 6.42 Å². The van der Waals surface area contributed by atoms with Crippen molar-refractivity contribution in [2.75, 3.05) is 12.4 Å². The first-order valence-electron chi connectivity index (χ1n) is 7.25. The quantitative estimate of drug-likeness (QED) is 0.627. The lowest BCUT2D eigenvalue weighted by Crippen LogP contribution is -2.10. The number of halogens is 1. The first kappa shape index (κ1) is 17.4. The number of amides is 1. The van der Waals surface area contributed by atoms with Gasteiger partial charge in [0.05, 0.1) is 19.2 Å². The highest BCUT2D eigenvalue weighted by Gasteiger charge is 2.19. The van der Waals surface area contributed by atoms with E-state index in [0.29, 0.717) is 20.4 Å². The van der Waals surface area contributed by atoms with E-state index in [1.165, 1.54) is 18.4 Å². The molecule has 2 heterocycles. The average Bonchev–Trinajstić information content (AvgIpc) is 3.22. The van der Waals surface area contributed by atoms with Crippen molar-refractivity contribution in [3.63, 3.8) is 0 Å². The summed E-state index contributed by atoms with van der Waals surface area (Å²) in [5, 5.41) is 3.08. The van der Waals surface area contributed by atoms with Gasteiger partial charge in [-0.15, -0.1) is 11.3 Å². The molecular formula is C17H13BrN2O4S. The zero-order valence-corrected chi connectivity index (χ0v) is 15.5. The van der Waals surface area contributed by atoms with Crippen LogP contribution in [0.1, 0.15) is 15.4 Å². The van der Waals surface area contributed by atoms with Gasteiger partial charge in [-0.2, -0.15) is 0 Å². The molecule has 1 aromatic carbocycles. The largest absolute Gasteiger partial charge is 0.469 e. The Morgan fingerprint density at radius 1 is 1.24 bits per heavy atom. The van der Waals surface area contributed by atoms with Crippen LogP contribution < -0.4 is 5.32 Å². The lowest BCUT2D eigenvalue weighted by molar-refractivity contribution is -0.139. The Hall–Kier alpha value is -2.45. The van der Waals surface area contributed by atoms with E-state index in [2.05, 4.69) is 26.2 Å². The number of nitrogens with zero attached hydrogens (tertiary/aromatic N) is 1. The van der Waals surface area contributed by atoms with E-state index in [-0.39, 0.29) is 18.2 Å². The molecule has 3 rings (SSSR count). The molecule has 128 valence electrons. The Labute approximate surface area is 156 Å². The number of thiazole rings is 1. The zero-order valence-electron chi connectivity index (χ0n) is 13.1. The third-order valence-corrected chi connectivity index (χ3v) is 4.69. The topological polar surface area (TPSA) is 81.4 Å². The van der Waals surface area contributed by atoms with Crippen LogP contribution in [-0.4, -0.2) is 24.0 Å². The number of nitrogens with one attached hydrogen (secondary N) is 1. The first-order chi connectivity index (χ1) is 12.1. The van der Waals surface area contributed by atoms with E-state index in [1.807, 2.05) is 30.3 Å². The van der Waals surface area contributed by atoms with Crippen molar-refractivity contribution in [1.29, 1.82) is 0 Å². The summed E-state index contributed by atoms with van der Waals surface area (Å²) < 4.78 is 10.4. The average molecular weight is 421 g/mol. The van der Waals surface area contributed by atoms with Gasteiger partial charge in [-0.05, 0) is 28.1 Å². The fourth-order valence-electron chi connectivity index (χ4n) is 2.14. The maximum atomic E-state index is 12.2. The minimum atomic E-state index is -0.413. The third kappa shape index (κ3) is 4.15. The molecule has 0 radical (unpaired) electrons. The molecule has 1 amide bonds. The Morgan fingerprint density at radius 3 is 2.64 bits per heavy atom. The maximum Gasteiger partial charge on any atom is 0.310 e. The monoisotopic (exact) mass is 420 g/mol. The van der Waals surface area contributed by atoms with Crippen LogP contribution in [0.15, 0.2) is 51.6 Å². The lowest BCUT2D eigenvalue weighted by Gasteiger charge is -2.01. The van der Waals surface area contributed by atoms with Crippen LogP contribution in [-0.2, 0) is 16.0 Å². The fraction of sp³-hybridized carbons (Fsp3) is 0.118. The van der Waals surface area contributed by atoms with Crippen molar-refractivity contribution in [3.8, 4) is 11.3 Å². The van der Waals surface area contributed by atoms with Gasteiger partial charge in [-0.25, -0.2) is 4.98 Å². The van der Waals surface area contributed by atoms with Gasteiger partial charge < -0.3 is 9.15 Å². The number of hydrogen-bond donors (Lipinski definition) is 1. The number of furan rings is 1. The van der Waals surface area contributed by atoms with E-state index < -0.39 is 5.91 Å². The van der Waals surface area contributed by atoms with Gasteiger partial charge in [0.1, 0.15) is 0 Å². The normalized spacial score (nSPS) is 10.5. The maximum absolute atomic E-state index is 12.2. The SMILES string of the molecule is COC(=O)Cc1sc(NC(=O)c2ccc(Br)o2)nc1-c1ccccc1. The molecule has 3 aromatic rings. The zero-order chi connectivity index (χ0) is 17.8. The molecule has 6 nitrogen and oxygen atoms in total. The van der Waals surface area contributed by atoms with Crippen LogP contribution >= 0.6 is 27.3 Å². The number of carbonyl (C=O) groups excluding carboxylic acids is 2. The number of aromatic nitrogens is 1. The molecule has 0 atom stereocenters. The number of rotatable bonds is 5. The lowest BCUT2D eigenvalue weighted by atomic mass is 10.1. The smallest absolute Gasteiger partial charge is 0.310 e. The molecule has 0 aliphatic heterocycles. The molecule has 0 aliphatic carbocycles. The van der Waals surface area contributed by atoms with Crippen LogP contribution in [0.25, 0.3) is 11.3 Å². The Balaban J connectivity index is 1.90. The molecule has 25 heavy (non-hydrogen) atoms. The number of methoxy groups -OCH3 is 1. The standard InChI is InChI=1S/C17H13BrN2O4S/c1-23-14(21)9-12-15(10-5-3-2-4-6-10)19-17(25-12)20-16(22)11-7-8-13(18)24-11/h2-8H,9H2,1H3,(H,19,20,22). The van der Waals surface area contributed by atoms with Gasteiger partial charge >= 0.3 is 5.97 Å². The second kappa shape index (κ2) is 7.62. The van der Waals surface area contributed by atoms with Crippen LogP contribution in [0, 0.1) is 0 Å². The van der Waals surface area contributed by atoms with Crippen molar-refractivity contribution in [2.24, 2.45) is 0 Å². The third-order valence-electron chi connectivity index (χ3n) is 3.29. The van der Waals surface area contributed by atoms with Gasteiger partial charge in [0.15, 0.2) is 15.6 Å². The highest BCUT2D eigenvalue weighted by molar-refractivity contribution is 9.10. The number of esters is 1. The highest BCUT2D eigenvalue weighted by Crippen LogP contribution is 2.32. The van der Waals surface area contributed by atoms with Crippen LogP contribution in [0.5, 0.6) is 0 Å². The van der Waals surface area contributed by atoms with Gasteiger partial charge in [-0.3, -0.25) is 14.9 Å². The van der Waals surface area contributed by atoms with Gasteiger partial charge in [-0.1, -0.05) is 30.3 Å². The molecular weight excluding hydrogens is 408 g/mol. The van der Waals surface area contributed by atoms with E-state index in [4.69, 9.17) is 9.15 Å². The second-order valence-electron chi connectivity index (χ2n) is 4.97. The minimum Gasteiger partial charge on any atom is -0.469 e. The summed E-state index contributed by atoms with van der Waals surface area (Å²) in [6, 6.07) is 12.6. The molecule has 8 heteroatoms. The number of ether oxygens (including phenoxy) is 1. The summed E-state index contributed by atoms with van der Waals surface area (Å²) in [6.45, 7) is 0. The van der Waals surface area contributed by atoms with Crippen molar-refractivity contribution in [1.82, 2.24) is 4.98 Å². The second-order valence-corrected chi connectivity index (χ2v) is 6.83. The van der Waals surface area contributed by atoms with Crippen LogP contribution in [0.4, 0.5) is 5.13 Å². The van der Waals surface area contributed by atoms with Crippen molar-refractivity contribution >= 4 is 44.3 Å². The molecule has 1 N–H and O–H groups in total. The molecule has 0 fully saturated rings. The van der Waals surface area contributed by atoms with E-state index in [1.54, 1.807) is 12.1 Å². The predicted octanol–water partition coefficient (Wildman–Crippen LogP) is 4.13. The van der Waals surface area contributed by atoms with Crippen LogP contribution in [0.2, 0.25) is 0 Å². The van der Waals surface area contributed by atoms with Crippen LogP contribution in [0.3, 0.4) is 0 Å². The van der Waals surface area contributed by atoms with Crippen molar-refractivity contribution < 1.29 is 18.7 Å². The Morgan fingerprint density at radius 2 is 2.00 bits per heavy atom. The summed E-state index contributed by atoms with van der Waals surface area (Å²) in [5.41, 5.74) is 1.51. The molecule has 0 saturated heterocycles. The van der Waals surface area contributed by atoms with Gasteiger partial charge in [0.25, 0.3) is 5.91 Å². The van der Waals surface area contributed by atoms with E-state index in [9.17, 15) is 9.59 Å². The number of hydrogen-bond acceptors (Lipinski definition) is 6. The molecule has 2 aromatic heterocycles. The molecule has 0 spiro atoms. The fourth-order valence-corrected chi connectivity index (χ4v) is 3.42. The predicted molar refractivity (Wildman–Crippen MR) is 97.6 cm³/mol. The summed E-state index contributed by atoms with van der Waals surface area (Å²) in [4.78, 5) is 29.1. The van der Waals surface area contributed by atoms with Gasteiger partial charge in [0.2, 0.25) is 0 Å². The summed E-state index contributed by atoms with van der Waals surface area (Å²) in [5.74, 6) is -0.616. The summed E-state index contributed by atoms with van der Waals surface area (Å²) in [7, 11) is 1.34. The molecule has 0 saturated carbocycles. The Kier molecular flexibility index (Phi) is 5.30. The molecule has 0 bridgehead atoms. The summed E-state index contributed by atoms with van der Waals surface area (Å²) in [6.07, 6.45) is 0.0839. The van der Waals surface area contributed by atoms with E-state index >= 15 is 0 Å². The Bertz CT molecular complexity index is 905. The first-order valence-corrected chi connectivity index (χ1v) is 8.86. The number of benzene rings is 1. The molecule has 0 aliphatic rings. The number of carbonyl (C=O) groups is 2. The number of anilines is 1.